The van der Waals surface area contributed by atoms with Crippen LogP contribution in [-0.4, -0.2) is 30.1 Å². The summed E-state index contributed by atoms with van der Waals surface area (Å²) in [5.74, 6) is 0.545. The molecule has 1 aromatic heterocycles. The van der Waals surface area contributed by atoms with Crippen LogP contribution in [0.5, 0.6) is 5.75 Å². The van der Waals surface area contributed by atoms with Crippen LogP contribution in [0.25, 0.3) is 0 Å². The molecular formula is C16H17ClN2O3S. The average molecular weight is 353 g/mol. The first-order valence-corrected chi connectivity index (χ1v) is 8.69. The Bertz CT molecular complexity index is 654. The van der Waals surface area contributed by atoms with Crippen molar-refractivity contribution < 1.29 is 14.3 Å². The first-order valence-electron chi connectivity index (χ1n) is 7.43. The number of halogens is 1. The van der Waals surface area contributed by atoms with Crippen LogP contribution < -0.4 is 10.1 Å². The van der Waals surface area contributed by atoms with Crippen LogP contribution >= 0.6 is 22.9 Å². The second-order valence-electron chi connectivity index (χ2n) is 5.21. The number of aromatic nitrogens is 1. The number of benzene rings is 1. The molecule has 23 heavy (non-hydrogen) atoms. The van der Waals surface area contributed by atoms with Crippen molar-refractivity contribution in [3.05, 3.63) is 45.4 Å². The van der Waals surface area contributed by atoms with E-state index in [-0.39, 0.29) is 12.0 Å². The SMILES string of the molecule is O=C(NCC1CCCO1)c1csc(COc2ccc(Cl)cc2)n1. The Morgan fingerprint density at radius 3 is 3.00 bits per heavy atom. The Hall–Kier alpha value is -1.63. The van der Waals surface area contributed by atoms with E-state index in [0.717, 1.165) is 24.5 Å². The third-order valence-electron chi connectivity index (χ3n) is 3.47. The van der Waals surface area contributed by atoms with Gasteiger partial charge in [0.1, 0.15) is 23.1 Å². The molecule has 0 aliphatic carbocycles. The molecule has 0 bridgehead atoms. The van der Waals surface area contributed by atoms with E-state index in [1.54, 1.807) is 29.6 Å². The van der Waals surface area contributed by atoms with Crippen LogP contribution in [0.4, 0.5) is 0 Å². The third-order valence-corrected chi connectivity index (χ3v) is 4.55. The molecule has 1 saturated heterocycles. The highest BCUT2D eigenvalue weighted by atomic mass is 35.5. The summed E-state index contributed by atoms with van der Waals surface area (Å²) in [5, 5.41) is 6.02. The molecule has 1 amide bonds. The van der Waals surface area contributed by atoms with E-state index in [0.29, 0.717) is 29.6 Å². The van der Waals surface area contributed by atoms with Crippen molar-refractivity contribution in [1.29, 1.82) is 0 Å². The van der Waals surface area contributed by atoms with Gasteiger partial charge in [0.2, 0.25) is 0 Å². The molecule has 1 aliphatic heterocycles. The lowest BCUT2D eigenvalue weighted by Gasteiger charge is -2.09. The molecule has 1 unspecified atom stereocenters. The Labute approximate surface area is 143 Å². The average Bonchev–Trinajstić information content (AvgIpc) is 3.24. The summed E-state index contributed by atoms with van der Waals surface area (Å²) in [4.78, 5) is 16.4. The van der Waals surface area contributed by atoms with Gasteiger partial charge in [-0.15, -0.1) is 11.3 Å². The molecule has 7 heteroatoms. The molecule has 5 nitrogen and oxygen atoms in total. The van der Waals surface area contributed by atoms with Crippen LogP contribution in [-0.2, 0) is 11.3 Å². The van der Waals surface area contributed by atoms with Crippen LogP contribution in [0.3, 0.4) is 0 Å². The second kappa shape index (κ2) is 7.77. The zero-order valence-electron chi connectivity index (χ0n) is 12.5. The summed E-state index contributed by atoms with van der Waals surface area (Å²) < 4.78 is 11.1. The van der Waals surface area contributed by atoms with Crippen LogP contribution in [0, 0.1) is 0 Å². The Morgan fingerprint density at radius 1 is 1.43 bits per heavy atom. The van der Waals surface area contributed by atoms with E-state index in [2.05, 4.69) is 10.3 Å². The largest absolute Gasteiger partial charge is 0.486 e. The van der Waals surface area contributed by atoms with Crippen LogP contribution in [0.15, 0.2) is 29.6 Å². The molecule has 1 aliphatic rings. The zero-order valence-corrected chi connectivity index (χ0v) is 14.0. The van der Waals surface area contributed by atoms with Crippen molar-refractivity contribution in [3.63, 3.8) is 0 Å². The number of amides is 1. The molecule has 0 radical (unpaired) electrons. The van der Waals surface area contributed by atoms with Gasteiger partial charge >= 0.3 is 0 Å². The van der Waals surface area contributed by atoms with Gasteiger partial charge in [0.05, 0.1) is 6.10 Å². The highest BCUT2D eigenvalue weighted by molar-refractivity contribution is 7.09. The highest BCUT2D eigenvalue weighted by Gasteiger charge is 2.17. The van der Waals surface area contributed by atoms with Crippen molar-refractivity contribution in [2.45, 2.75) is 25.6 Å². The minimum atomic E-state index is -0.172. The molecule has 1 N–H and O–H groups in total. The van der Waals surface area contributed by atoms with E-state index < -0.39 is 0 Å². The van der Waals surface area contributed by atoms with Crippen LogP contribution in [0.2, 0.25) is 5.02 Å². The molecule has 1 fully saturated rings. The number of nitrogens with zero attached hydrogens (tertiary/aromatic N) is 1. The summed E-state index contributed by atoms with van der Waals surface area (Å²) in [5.41, 5.74) is 0.419. The number of hydrogen-bond acceptors (Lipinski definition) is 5. The Balaban J connectivity index is 1.48. The topological polar surface area (TPSA) is 60.5 Å². The standard InChI is InChI=1S/C16H17ClN2O3S/c17-11-3-5-12(6-4-11)22-9-15-19-14(10-23-15)16(20)18-8-13-2-1-7-21-13/h3-6,10,13H,1-2,7-9H2,(H,18,20). The third kappa shape index (κ3) is 4.67. The first kappa shape index (κ1) is 16.2. The molecule has 3 rings (SSSR count). The molecule has 2 aromatic rings. The lowest BCUT2D eigenvalue weighted by Crippen LogP contribution is -2.31. The van der Waals surface area contributed by atoms with Gasteiger partial charge in [-0.1, -0.05) is 11.6 Å². The lowest BCUT2D eigenvalue weighted by molar-refractivity contribution is 0.0854. The maximum absolute atomic E-state index is 12.0. The van der Waals surface area contributed by atoms with Crippen LogP contribution in [0.1, 0.15) is 28.3 Å². The van der Waals surface area contributed by atoms with E-state index in [1.807, 2.05) is 0 Å². The summed E-state index contributed by atoms with van der Waals surface area (Å²) >= 11 is 7.23. The molecule has 0 saturated carbocycles. The molecule has 1 aromatic carbocycles. The van der Waals surface area contributed by atoms with E-state index in [4.69, 9.17) is 21.1 Å². The second-order valence-corrected chi connectivity index (χ2v) is 6.59. The molecule has 1 atom stereocenters. The van der Waals surface area contributed by atoms with Gasteiger partial charge in [-0.2, -0.15) is 0 Å². The van der Waals surface area contributed by atoms with Gasteiger partial charge < -0.3 is 14.8 Å². The van der Waals surface area contributed by atoms with Crippen molar-refractivity contribution in [3.8, 4) is 5.75 Å². The van der Waals surface area contributed by atoms with Crippen molar-refractivity contribution in [2.75, 3.05) is 13.2 Å². The maximum atomic E-state index is 12.0. The normalized spacial score (nSPS) is 17.2. The number of carbonyl (C=O) groups excluding carboxylic acids is 1. The van der Waals surface area contributed by atoms with Crippen molar-refractivity contribution >= 4 is 28.8 Å². The van der Waals surface area contributed by atoms with E-state index in [1.165, 1.54) is 11.3 Å². The first-order chi connectivity index (χ1) is 11.2. The minimum Gasteiger partial charge on any atom is -0.486 e. The Kier molecular flexibility index (Phi) is 5.48. The van der Waals surface area contributed by atoms with Crippen molar-refractivity contribution in [1.82, 2.24) is 10.3 Å². The monoisotopic (exact) mass is 352 g/mol. The highest BCUT2D eigenvalue weighted by Crippen LogP contribution is 2.18. The number of nitrogens with one attached hydrogen (secondary N) is 1. The Morgan fingerprint density at radius 2 is 2.26 bits per heavy atom. The fraction of sp³-hybridized carbons (Fsp3) is 0.375. The predicted octanol–water partition coefficient (Wildman–Crippen LogP) is 3.28. The molecule has 122 valence electrons. The number of carbonyl (C=O) groups is 1. The summed E-state index contributed by atoms with van der Waals surface area (Å²) in [7, 11) is 0. The van der Waals surface area contributed by atoms with Gasteiger partial charge in [0.25, 0.3) is 5.91 Å². The summed E-state index contributed by atoms with van der Waals surface area (Å²) in [6.45, 7) is 1.64. The molecular weight excluding hydrogens is 336 g/mol. The van der Waals surface area contributed by atoms with E-state index >= 15 is 0 Å². The van der Waals surface area contributed by atoms with Gasteiger partial charge in [-0.05, 0) is 37.1 Å². The summed E-state index contributed by atoms with van der Waals surface area (Å²) in [6.07, 6.45) is 2.19. The van der Waals surface area contributed by atoms with Crippen molar-refractivity contribution in [2.24, 2.45) is 0 Å². The van der Waals surface area contributed by atoms with Gasteiger partial charge in [-0.25, -0.2) is 4.98 Å². The quantitative estimate of drug-likeness (QED) is 0.866. The zero-order chi connectivity index (χ0) is 16.1. The minimum absolute atomic E-state index is 0.130. The number of hydrogen-bond donors (Lipinski definition) is 1. The predicted molar refractivity (Wildman–Crippen MR) is 89.2 cm³/mol. The fourth-order valence-corrected chi connectivity index (χ4v) is 3.07. The van der Waals surface area contributed by atoms with E-state index in [9.17, 15) is 4.79 Å². The number of ether oxygens (including phenoxy) is 2. The summed E-state index contributed by atoms with van der Waals surface area (Å²) in [6, 6.07) is 7.13. The number of rotatable bonds is 6. The molecule has 2 heterocycles. The van der Waals surface area contributed by atoms with Gasteiger partial charge in [-0.3, -0.25) is 4.79 Å². The maximum Gasteiger partial charge on any atom is 0.270 e. The fourth-order valence-electron chi connectivity index (χ4n) is 2.26. The number of thiazole rings is 1. The molecule has 0 spiro atoms. The van der Waals surface area contributed by atoms with Gasteiger partial charge in [0.15, 0.2) is 0 Å². The smallest absolute Gasteiger partial charge is 0.270 e. The van der Waals surface area contributed by atoms with Gasteiger partial charge in [0, 0.05) is 23.6 Å². The lowest BCUT2D eigenvalue weighted by atomic mass is 10.2.